The monoisotopic (exact) mass is 138 g/mol. The summed E-state index contributed by atoms with van der Waals surface area (Å²) >= 11 is 0. The fourth-order valence-corrected chi connectivity index (χ4v) is 0.273. The van der Waals surface area contributed by atoms with Crippen molar-refractivity contribution in [3.63, 3.8) is 0 Å². The zero-order valence-electron chi connectivity index (χ0n) is 4.91. The molecule has 6 nitrogen and oxygen atoms in total. The maximum absolute atomic E-state index is 4.52. The SMILES string of the molecule is NOOCCCOON. The predicted molar refractivity (Wildman–Crippen MR) is 27.1 cm³/mol. The molecular formula is C3H10N2O4. The van der Waals surface area contributed by atoms with Gasteiger partial charge in [0.1, 0.15) is 0 Å². The largest absolute Gasteiger partial charge is 0.218 e. The van der Waals surface area contributed by atoms with Crippen LogP contribution in [0.25, 0.3) is 0 Å². The Hall–Kier alpha value is -0.240. The third-order valence-corrected chi connectivity index (χ3v) is 0.591. The Morgan fingerprint density at radius 2 is 1.33 bits per heavy atom. The molecule has 0 aliphatic heterocycles. The van der Waals surface area contributed by atoms with Crippen molar-refractivity contribution in [3.8, 4) is 0 Å². The first kappa shape index (κ1) is 8.76. The summed E-state index contributed by atoms with van der Waals surface area (Å²) in [6.45, 7) is 0.694. The fourth-order valence-electron chi connectivity index (χ4n) is 0.273. The predicted octanol–water partition coefficient (Wildman–Crippen LogP) is -0.980. The van der Waals surface area contributed by atoms with E-state index in [2.05, 4.69) is 31.5 Å². The van der Waals surface area contributed by atoms with Crippen LogP contribution >= 0.6 is 0 Å². The van der Waals surface area contributed by atoms with Gasteiger partial charge in [0.05, 0.1) is 13.2 Å². The minimum absolute atomic E-state index is 0.347. The molecule has 0 aliphatic carbocycles. The second kappa shape index (κ2) is 7.76. The second-order valence-corrected chi connectivity index (χ2v) is 1.19. The van der Waals surface area contributed by atoms with Gasteiger partial charge < -0.3 is 0 Å². The van der Waals surface area contributed by atoms with E-state index in [0.717, 1.165) is 0 Å². The molecule has 6 heteroatoms. The van der Waals surface area contributed by atoms with Crippen LogP contribution in [0, 0.1) is 0 Å². The molecule has 4 N–H and O–H groups in total. The number of nitrogens with two attached hydrogens (primary N) is 2. The van der Waals surface area contributed by atoms with Crippen molar-refractivity contribution < 1.29 is 19.8 Å². The lowest BCUT2D eigenvalue weighted by atomic mass is 10.5. The van der Waals surface area contributed by atoms with Gasteiger partial charge in [-0.25, -0.2) is 9.78 Å². The summed E-state index contributed by atoms with van der Waals surface area (Å²) in [7, 11) is 0. The van der Waals surface area contributed by atoms with Gasteiger partial charge in [0.2, 0.25) is 0 Å². The van der Waals surface area contributed by atoms with Crippen LogP contribution in [0.3, 0.4) is 0 Å². The topological polar surface area (TPSA) is 89.0 Å². The number of hydrogen-bond donors (Lipinski definition) is 2. The maximum atomic E-state index is 4.52. The van der Waals surface area contributed by atoms with Crippen LogP contribution in [0.5, 0.6) is 0 Å². The van der Waals surface area contributed by atoms with E-state index >= 15 is 0 Å². The minimum atomic E-state index is 0.347. The molecule has 9 heavy (non-hydrogen) atoms. The van der Waals surface area contributed by atoms with Crippen LogP contribution in [0.2, 0.25) is 0 Å². The molecule has 0 aromatic carbocycles. The molecule has 0 amide bonds. The van der Waals surface area contributed by atoms with E-state index in [0.29, 0.717) is 19.6 Å². The first-order chi connectivity index (χ1) is 4.41. The summed E-state index contributed by atoms with van der Waals surface area (Å²) in [6, 6.07) is 0. The third-order valence-electron chi connectivity index (χ3n) is 0.591. The summed E-state index contributed by atoms with van der Waals surface area (Å²) < 4.78 is 0. The molecule has 0 saturated carbocycles. The van der Waals surface area contributed by atoms with E-state index in [9.17, 15) is 0 Å². The van der Waals surface area contributed by atoms with E-state index in [-0.39, 0.29) is 0 Å². The van der Waals surface area contributed by atoms with E-state index in [4.69, 9.17) is 0 Å². The van der Waals surface area contributed by atoms with Crippen molar-refractivity contribution >= 4 is 0 Å². The molecule has 0 unspecified atom stereocenters. The Labute approximate surface area is 52.4 Å². The normalized spacial score (nSPS) is 10.0. The maximum Gasteiger partial charge on any atom is 0.0865 e. The number of hydrogen-bond acceptors (Lipinski definition) is 6. The second-order valence-electron chi connectivity index (χ2n) is 1.19. The highest BCUT2D eigenvalue weighted by Gasteiger charge is 1.87. The van der Waals surface area contributed by atoms with Crippen molar-refractivity contribution in [2.45, 2.75) is 6.42 Å². The Bertz CT molecular complexity index is 47.1. The zero-order valence-corrected chi connectivity index (χ0v) is 4.91. The molecule has 0 fully saturated rings. The lowest BCUT2D eigenvalue weighted by Gasteiger charge is -1.97. The fraction of sp³-hybridized carbons (Fsp3) is 1.00. The van der Waals surface area contributed by atoms with Crippen LogP contribution < -0.4 is 11.8 Å². The van der Waals surface area contributed by atoms with Crippen molar-refractivity contribution in [1.29, 1.82) is 0 Å². The van der Waals surface area contributed by atoms with E-state index in [1.807, 2.05) is 0 Å². The highest BCUT2D eigenvalue weighted by molar-refractivity contribution is 4.26. The van der Waals surface area contributed by atoms with Crippen LogP contribution in [-0.2, 0) is 19.8 Å². The standard InChI is InChI=1S/C3H10N2O4/c4-8-6-2-1-3-7-9-5/h1-5H2. The Morgan fingerprint density at radius 1 is 0.889 bits per heavy atom. The zero-order chi connectivity index (χ0) is 6.95. The molecule has 0 saturated heterocycles. The third kappa shape index (κ3) is 7.76. The van der Waals surface area contributed by atoms with Gasteiger partial charge in [-0.2, -0.15) is 11.8 Å². The lowest BCUT2D eigenvalue weighted by molar-refractivity contribution is -0.320. The molecule has 56 valence electrons. The van der Waals surface area contributed by atoms with E-state index in [1.54, 1.807) is 0 Å². The smallest absolute Gasteiger partial charge is 0.0865 e. The van der Waals surface area contributed by atoms with Gasteiger partial charge in [-0.1, -0.05) is 0 Å². The molecule has 0 bridgehead atoms. The van der Waals surface area contributed by atoms with E-state index < -0.39 is 0 Å². The quantitative estimate of drug-likeness (QED) is 0.278. The van der Waals surface area contributed by atoms with Gasteiger partial charge in [0, 0.05) is 6.42 Å². The summed E-state index contributed by atoms with van der Waals surface area (Å²) in [5, 5.41) is 0. The average Bonchev–Trinajstić information content (AvgIpc) is 1.89. The molecule has 0 aliphatic rings. The van der Waals surface area contributed by atoms with Crippen molar-refractivity contribution in [2.75, 3.05) is 13.2 Å². The highest BCUT2D eigenvalue weighted by atomic mass is 17.3. The van der Waals surface area contributed by atoms with Crippen LogP contribution in [0.1, 0.15) is 6.42 Å². The first-order valence-corrected chi connectivity index (χ1v) is 2.38. The number of rotatable bonds is 6. The molecular weight excluding hydrogens is 128 g/mol. The average molecular weight is 138 g/mol. The van der Waals surface area contributed by atoms with Crippen molar-refractivity contribution in [3.05, 3.63) is 0 Å². The van der Waals surface area contributed by atoms with Crippen molar-refractivity contribution in [2.24, 2.45) is 11.8 Å². The Balaban J connectivity index is 2.60. The van der Waals surface area contributed by atoms with Gasteiger partial charge in [0.15, 0.2) is 0 Å². The van der Waals surface area contributed by atoms with Crippen LogP contribution in [0.15, 0.2) is 0 Å². The van der Waals surface area contributed by atoms with Gasteiger partial charge in [-0.05, 0) is 0 Å². The van der Waals surface area contributed by atoms with Gasteiger partial charge >= 0.3 is 0 Å². The highest BCUT2D eigenvalue weighted by Crippen LogP contribution is 1.82. The summed E-state index contributed by atoms with van der Waals surface area (Å²) in [5.74, 6) is 9.05. The van der Waals surface area contributed by atoms with Gasteiger partial charge in [0.25, 0.3) is 0 Å². The van der Waals surface area contributed by atoms with Gasteiger partial charge in [-0.15, -0.1) is 9.98 Å². The molecule has 0 radical (unpaired) electrons. The summed E-state index contributed by atoms with van der Waals surface area (Å²) in [5.41, 5.74) is 0. The van der Waals surface area contributed by atoms with Crippen LogP contribution in [-0.4, -0.2) is 13.2 Å². The summed E-state index contributed by atoms with van der Waals surface area (Å²) in [4.78, 5) is 16.2. The van der Waals surface area contributed by atoms with Crippen molar-refractivity contribution in [1.82, 2.24) is 0 Å². The molecule has 0 aromatic heterocycles. The molecule has 0 heterocycles. The Kier molecular flexibility index (Phi) is 7.55. The first-order valence-electron chi connectivity index (χ1n) is 2.38. The van der Waals surface area contributed by atoms with E-state index in [1.165, 1.54) is 0 Å². The minimum Gasteiger partial charge on any atom is -0.218 e. The Morgan fingerprint density at radius 3 is 1.67 bits per heavy atom. The molecule has 0 atom stereocenters. The molecule has 0 aromatic rings. The molecule has 0 rings (SSSR count). The summed E-state index contributed by atoms with van der Waals surface area (Å²) in [6.07, 6.45) is 0.606. The van der Waals surface area contributed by atoms with Crippen LogP contribution in [0.4, 0.5) is 0 Å². The molecule has 0 spiro atoms. The van der Waals surface area contributed by atoms with Gasteiger partial charge in [-0.3, -0.25) is 0 Å². The lowest BCUT2D eigenvalue weighted by Crippen LogP contribution is -2.07.